The molecule has 158 valence electrons. The Balaban J connectivity index is 1.43. The van der Waals surface area contributed by atoms with Crippen LogP contribution in [0.3, 0.4) is 0 Å². The number of hydrogen-bond donors (Lipinski definition) is 0. The molecule has 2 aromatic rings. The van der Waals surface area contributed by atoms with Crippen molar-refractivity contribution in [3.05, 3.63) is 58.0 Å². The van der Waals surface area contributed by atoms with Crippen LogP contribution in [-0.4, -0.2) is 59.8 Å². The number of ether oxygens (including phenoxy) is 1. The van der Waals surface area contributed by atoms with Gasteiger partial charge in [0.25, 0.3) is 11.5 Å². The molecule has 0 aliphatic carbocycles. The zero-order valence-corrected chi connectivity index (χ0v) is 16.8. The Morgan fingerprint density at radius 1 is 1.13 bits per heavy atom. The first kappa shape index (κ1) is 19.2. The summed E-state index contributed by atoms with van der Waals surface area (Å²) in [5.41, 5.74) is 1.52. The largest absolute Gasteiger partial charge is 0.380 e. The van der Waals surface area contributed by atoms with Gasteiger partial charge in [-0.05, 0) is 37.0 Å². The van der Waals surface area contributed by atoms with Crippen molar-refractivity contribution in [2.24, 2.45) is 5.92 Å². The summed E-state index contributed by atoms with van der Waals surface area (Å²) in [7, 11) is 0. The molecule has 1 amide bonds. The lowest BCUT2D eigenvalue weighted by Crippen LogP contribution is -2.48. The van der Waals surface area contributed by atoms with E-state index >= 15 is 0 Å². The number of aromatic nitrogens is 2. The second-order valence-corrected chi connectivity index (χ2v) is 8.38. The van der Waals surface area contributed by atoms with Gasteiger partial charge in [0.15, 0.2) is 5.82 Å². The van der Waals surface area contributed by atoms with E-state index in [-0.39, 0.29) is 34.7 Å². The van der Waals surface area contributed by atoms with Crippen molar-refractivity contribution in [2.45, 2.75) is 25.3 Å². The molecule has 2 saturated heterocycles. The maximum Gasteiger partial charge on any atom is 0.263 e. The minimum absolute atomic E-state index is 0.133. The molecule has 3 aliphatic heterocycles. The summed E-state index contributed by atoms with van der Waals surface area (Å²) >= 11 is 0. The van der Waals surface area contributed by atoms with Crippen molar-refractivity contribution in [1.82, 2.24) is 14.5 Å². The van der Waals surface area contributed by atoms with Gasteiger partial charge in [-0.2, -0.15) is 0 Å². The lowest BCUT2D eigenvalue weighted by Gasteiger charge is -2.44. The molecular weight excluding hydrogens is 387 g/mol. The maximum atomic E-state index is 14.2. The predicted octanol–water partition coefficient (Wildman–Crippen LogP) is 1.87. The molecule has 8 heteroatoms. The first-order valence-electron chi connectivity index (χ1n) is 10.6. The van der Waals surface area contributed by atoms with Crippen LogP contribution in [0.5, 0.6) is 0 Å². The molecule has 3 aliphatic rings. The van der Waals surface area contributed by atoms with E-state index in [9.17, 15) is 14.0 Å². The lowest BCUT2D eigenvalue weighted by atomic mass is 9.82. The van der Waals surface area contributed by atoms with Crippen LogP contribution in [0.4, 0.5) is 10.1 Å². The molecule has 0 radical (unpaired) electrons. The smallest absolute Gasteiger partial charge is 0.263 e. The number of rotatable bonds is 2. The maximum absolute atomic E-state index is 14.2. The highest BCUT2D eigenvalue weighted by Crippen LogP contribution is 2.37. The number of fused-ring (bicyclic) bond motifs is 4. The minimum atomic E-state index is -0.322. The van der Waals surface area contributed by atoms with Gasteiger partial charge >= 0.3 is 0 Å². The van der Waals surface area contributed by atoms with Gasteiger partial charge in [-0.15, -0.1) is 0 Å². The summed E-state index contributed by atoms with van der Waals surface area (Å²) in [4.78, 5) is 33.8. The van der Waals surface area contributed by atoms with Crippen LogP contribution in [0.15, 0.2) is 35.4 Å². The molecule has 2 fully saturated rings. The normalized spacial score (nSPS) is 23.6. The molecule has 0 N–H and O–H groups in total. The third kappa shape index (κ3) is 3.39. The van der Waals surface area contributed by atoms with E-state index in [1.54, 1.807) is 27.8 Å². The van der Waals surface area contributed by atoms with Gasteiger partial charge in [-0.25, -0.2) is 4.39 Å². The average Bonchev–Trinajstić information content (AvgIpc) is 3.04. The second kappa shape index (κ2) is 7.83. The van der Waals surface area contributed by atoms with Crippen molar-refractivity contribution >= 4 is 11.6 Å². The number of pyridine rings is 2. The molecule has 30 heavy (non-hydrogen) atoms. The van der Waals surface area contributed by atoms with Gasteiger partial charge in [0.1, 0.15) is 5.56 Å². The van der Waals surface area contributed by atoms with E-state index in [1.807, 2.05) is 6.07 Å². The SMILES string of the molecule is O=C(c1ccc2n(c1=O)C[C@H]1C[C@@H]2CN(c2ccncc2F)C1)N1CCCOCC1. The van der Waals surface area contributed by atoms with Crippen LogP contribution in [0.2, 0.25) is 0 Å². The number of halogens is 1. The third-order valence-corrected chi connectivity index (χ3v) is 6.44. The predicted molar refractivity (Wildman–Crippen MR) is 109 cm³/mol. The Morgan fingerprint density at radius 3 is 2.90 bits per heavy atom. The van der Waals surface area contributed by atoms with Crippen molar-refractivity contribution in [1.29, 1.82) is 0 Å². The van der Waals surface area contributed by atoms with E-state index in [0.29, 0.717) is 51.6 Å². The summed E-state index contributed by atoms with van der Waals surface area (Å²) in [5.74, 6) is -0.166. The number of piperidine rings is 1. The Labute approximate surface area is 174 Å². The summed E-state index contributed by atoms with van der Waals surface area (Å²) in [6, 6.07) is 5.29. The summed E-state index contributed by atoms with van der Waals surface area (Å²) in [5, 5.41) is 0. The highest BCUT2D eigenvalue weighted by atomic mass is 19.1. The summed E-state index contributed by atoms with van der Waals surface area (Å²) in [6.07, 6.45) is 4.60. The number of carbonyl (C=O) groups is 1. The van der Waals surface area contributed by atoms with Crippen LogP contribution in [0, 0.1) is 11.7 Å². The Kier molecular flexibility index (Phi) is 5.02. The number of anilines is 1. The molecule has 0 aromatic carbocycles. The average molecular weight is 412 g/mol. The van der Waals surface area contributed by atoms with Crippen molar-refractivity contribution in [3.8, 4) is 0 Å². The zero-order valence-electron chi connectivity index (χ0n) is 16.8. The van der Waals surface area contributed by atoms with E-state index in [1.165, 1.54) is 6.20 Å². The molecule has 0 spiro atoms. The van der Waals surface area contributed by atoms with Gasteiger partial charge in [-0.1, -0.05) is 0 Å². The van der Waals surface area contributed by atoms with E-state index in [0.717, 1.165) is 18.5 Å². The van der Waals surface area contributed by atoms with E-state index < -0.39 is 0 Å². The molecule has 5 heterocycles. The zero-order chi connectivity index (χ0) is 20.7. The summed E-state index contributed by atoms with van der Waals surface area (Å²) < 4.78 is 21.4. The molecule has 0 saturated carbocycles. The molecule has 2 atom stereocenters. The molecule has 0 unspecified atom stereocenters. The van der Waals surface area contributed by atoms with Crippen LogP contribution < -0.4 is 10.5 Å². The summed E-state index contributed by atoms with van der Waals surface area (Å²) in [6.45, 7) is 4.15. The van der Waals surface area contributed by atoms with Crippen LogP contribution >= 0.6 is 0 Å². The van der Waals surface area contributed by atoms with Crippen LogP contribution in [0.1, 0.15) is 34.8 Å². The van der Waals surface area contributed by atoms with E-state index in [4.69, 9.17) is 4.74 Å². The Morgan fingerprint density at radius 2 is 2.03 bits per heavy atom. The number of hydrogen-bond acceptors (Lipinski definition) is 5. The fourth-order valence-corrected chi connectivity index (χ4v) is 5.05. The van der Waals surface area contributed by atoms with E-state index in [2.05, 4.69) is 9.88 Å². The fourth-order valence-electron chi connectivity index (χ4n) is 5.05. The Hall–Kier alpha value is -2.74. The number of amides is 1. The van der Waals surface area contributed by atoms with Gasteiger partial charge in [-0.3, -0.25) is 14.6 Å². The first-order chi connectivity index (χ1) is 14.6. The highest BCUT2D eigenvalue weighted by molar-refractivity contribution is 5.94. The van der Waals surface area contributed by atoms with Gasteiger partial charge in [0.05, 0.1) is 18.5 Å². The van der Waals surface area contributed by atoms with Gasteiger partial charge < -0.3 is 19.1 Å². The van der Waals surface area contributed by atoms with Crippen molar-refractivity contribution in [3.63, 3.8) is 0 Å². The van der Waals surface area contributed by atoms with Crippen LogP contribution in [-0.2, 0) is 11.3 Å². The fraction of sp³-hybridized carbons (Fsp3) is 0.500. The van der Waals surface area contributed by atoms with Gasteiger partial charge in [0.2, 0.25) is 0 Å². The second-order valence-electron chi connectivity index (χ2n) is 8.38. The molecular formula is C22H25FN4O3. The number of carbonyl (C=O) groups excluding carboxylic acids is 1. The third-order valence-electron chi connectivity index (χ3n) is 6.44. The van der Waals surface area contributed by atoms with Crippen LogP contribution in [0.25, 0.3) is 0 Å². The lowest BCUT2D eigenvalue weighted by molar-refractivity contribution is 0.0738. The standard InChI is InChI=1S/C22H25FN4O3/c23-18-11-24-5-4-20(18)26-12-15-10-16(14-26)19-3-2-17(22(29)27(19)13-15)21(28)25-6-1-8-30-9-7-25/h2-5,11,15-16H,1,6-10,12-14H2/t15-,16+/m0/s1. The van der Waals surface area contributed by atoms with Gasteiger partial charge in [0, 0.05) is 57.1 Å². The number of nitrogens with zero attached hydrogens (tertiary/aromatic N) is 4. The highest BCUT2D eigenvalue weighted by Gasteiger charge is 2.36. The van der Waals surface area contributed by atoms with Crippen molar-refractivity contribution < 1.29 is 13.9 Å². The molecule has 2 bridgehead atoms. The minimum Gasteiger partial charge on any atom is -0.380 e. The topological polar surface area (TPSA) is 67.7 Å². The molecule has 5 rings (SSSR count). The molecule has 2 aromatic heterocycles. The Bertz CT molecular complexity index is 1020. The first-order valence-corrected chi connectivity index (χ1v) is 10.6. The monoisotopic (exact) mass is 412 g/mol. The molecule has 7 nitrogen and oxygen atoms in total. The quantitative estimate of drug-likeness (QED) is 0.753. The van der Waals surface area contributed by atoms with Crippen molar-refractivity contribution in [2.75, 3.05) is 44.3 Å².